The molecule has 3 heteroatoms. The molecule has 1 aliphatic rings. The molecule has 1 nitrogen and oxygen atoms in total. The molecule has 1 aliphatic carbocycles. The molecule has 0 aromatic carbocycles. The quantitative estimate of drug-likeness (QED) is 0.543. The molecule has 11 heavy (non-hydrogen) atoms. The fourth-order valence-electron chi connectivity index (χ4n) is 1.08. The van der Waals surface area contributed by atoms with E-state index in [1.165, 1.54) is 0 Å². The van der Waals surface area contributed by atoms with Crippen molar-refractivity contribution in [1.29, 1.82) is 0 Å². The third kappa shape index (κ3) is 3.05. The molecule has 0 spiro atoms. The fourth-order valence-corrected chi connectivity index (χ4v) is 1.20. The van der Waals surface area contributed by atoms with Crippen LogP contribution in [0, 0.1) is 0 Å². The molecule has 0 aliphatic heterocycles. The molecular formula is C8H11ClLiO. The molecule has 0 heterocycles. The van der Waals surface area contributed by atoms with Crippen LogP contribution in [0.2, 0.25) is 0 Å². The van der Waals surface area contributed by atoms with E-state index in [4.69, 9.17) is 11.6 Å². The molecule has 0 amide bonds. The molecule has 1 atom stereocenters. The summed E-state index contributed by atoms with van der Waals surface area (Å²) in [7, 11) is 0. The Morgan fingerprint density at radius 3 is 2.55 bits per heavy atom. The van der Waals surface area contributed by atoms with Crippen molar-refractivity contribution in [1.82, 2.24) is 0 Å². The summed E-state index contributed by atoms with van der Waals surface area (Å²) in [6, 6.07) is 0. The number of hydrogen-bond acceptors (Lipinski definition) is 1. The van der Waals surface area contributed by atoms with Crippen LogP contribution < -0.4 is 0 Å². The van der Waals surface area contributed by atoms with E-state index in [1.807, 2.05) is 6.92 Å². The van der Waals surface area contributed by atoms with E-state index < -0.39 is 5.60 Å². The average Bonchev–Trinajstić information content (AvgIpc) is 1.79. The van der Waals surface area contributed by atoms with Crippen molar-refractivity contribution in [2.45, 2.75) is 25.9 Å². The van der Waals surface area contributed by atoms with Crippen LogP contribution in [0.25, 0.3) is 0 Å². The second-order valence-corrected chi connectivity index (χ2v) is 3.40. The summed E-state index contributed by atoms with van der Waals surface area (Å²) in [5, 5.41) is 10.2. The van der Waals surface area contributed by atoms with Gasteiger partial charge in [0, 0.05) is 30.3 Å². The van der Waals surface area contributed by atoms with Crippen molar-refractivity contribution < 1.29 is 5.11 Å². The van der Waals surface area contributed by atoms with Gasteiger partial charge in [0.05, 0.1) is 5.60 Å². The third-order valence-corrected chi connectivity index (χ3v) is 2.07. The minimum Gasteiger partial charge on any atom is -0.386 e. The molecule has 0 bridgehead atoms. The maximum absolute atomic E-state index is 9.48. The topological polar surface area (TPSA) is 20.2 Å². The van der Waals surface area contributed by atoms with E-state index in [0.717, 1.165) is 10.6 Å². The molecule has 0 aromatic rings. The summed E-state index contributed by atoms with van der Waals surface area (Å²) in [4.78, 5) is 0. The average molecular weight is 166 g/mol. The number of halogens is 1. The largest absolute Gasteiger partial charge is 0.386 e. The summed E-state index contributed by atoms with van der Waals surface area (Å²) in [6.45, 7) is 3.70. The zero-order valence-electron chi connectivity index (χ0n) is 7.19. The fraction of sp³-hybridized carbons (Fsp3) is 0.500. The van der Waals surface area contributed by atoms with Gasteiger partial charge in [0.25, 0.3) is 0 Å². The Balaban J connectivity index is 0.000001000. The van der Waals surface area contributed by atoms with Gasteiger partial charge in [-0.15, -0.1) is 0 Å². The Kier molecular flexibility index (Phi) is 3.94. The maximum Gasteiger partial charge on any atom is 0.0840 e. The van der Waals surface area contributed by atoms with Crippen molar-refractivity contribution in [3.8, 4) is 0 Å². The Morgan fingerprint density at radius 2 is 2.18 bits per heavy atom. The molecule has 0 fully saturated rings. The predicted octanol–water partition coefficient (Wildman–Crippen LogP) is 1.83. The number of rotatable bonds is 0. The van der Waals surface area contributed by atoms with Crippen molar-refractivity contribution in [2.75, 3.05) is 0 Å². The van der Waals surface area contributed by atoms with Crippen LogP contribution >= 0.6 is 11.6 Å². The number of hydrogen-bond donors (Lipinski definition) is 1. The first-order chi connectivity index (χ1) is 4.51. The van der Waals surface area contributed by atoms with Crippen LogP contribution in [0.1, 0.15) is 20.3 Å². The summed E-state index contributed by atoms with van der Waals surface area (Å²) in [6.07, 6.45) is 4.12. The van der Waals surface area contributed by atoms with E-state index in [2.05, 4.69) is 0 Å². The zero-order chi connectivity index (χ0) is 7.78. The van der Waals surface area contributed by atoms with Crippen LogP contribution in [0.15, 0.2) is 22.8 Å². The Bertz CT molecular complexity index is 206. The van der Waals surface area contributed by atoms with E-state index in [9.17, 15) is 5.11 Å². The molecule has 1 rings (SSSR count). The van der Waals surface area contributed by atoms with Gasteiger partial charge in [0.2, 0.25) is 0 Å². The van der Waals surface area contributed by atoms with Crippen molar-refractivity contribution >= 4 is 30.5 Å². The molecular weight excluding hydrogens is 154 g/mol. The van der Waals surface area contributed by atoms with Crippen LogP contribution in [-0.4, -0.2) is 29.6 Å². The second-order valence-electron chi connectivity index (χ2n) is 3.00. The van der Waals surface area contributed by atoms with Gasteiger partial charge in [-0.3, -0.25) is 0 Å². The normalized spacial score (nSPS) is 30.2. The Morgan fingerprint density at radius 1 is 1.64 bits per heavy atom. The van der Waals surface area contributed by atoms with Gasteiger partial charge in [0.1, 0.15) is 0 Å². The minimum atomic E-state index is -0.692. The standard InChI is InChI=1S/C8H11ClO.Li/c1-6-5-8(2,10)4-3-7(6)9;/h3-4,10H,5H2,1-2H3;. The molecule has 1 radical (unpaired) electrons. The molecule has 0 saturated carbocycles. The first-order valence-electron chi connectivity index (χ1n) is 3.28. The van der Waals surface area contributed by atoms with Gasteiger partial charge in [-0.05, 0) is 19.9 Å². The second kappa shape index (κ2) is 3.82. The van der Waals surface area contributed by atoms with Crippen LogP contribution in [0.3, 0.4) is 0 Å². The third-order valence-electron chi connectivity index (χ3n) is 1.62. The molecule has 1 N–H and O–H groups in total. The van der Waals surface area contributed by atoms with Crippen molar-refractivity contribution in [3.63, 3.8) is 0 Å². The predicted molar refractivity (Wildman–Crippen MR) is 48.7 cm³/mol. The van der Waals surface area contributed by atoms with Crippen molar-refractivity contribution in [2.24, 2.45) is 0 Å². The summed E-state index contributed by atoms with van der Waals surface area (Å²) in [5.74, 6) is 0. The zero-order valence-corrected chi connectivity index (χ0v) is 7.94. The number of aliphatic hydroxyl groups is 1. The van der Waals surface area contributed by atoms with Crippen LogP contribution in [-0.2, 0) is 0 Å². The van der Waals surface area contributed by atoms with Gasteiger partial charge < -0.3 is 5.11 Å². The van der Waals surface area contributed by atoms with Crippen LogP contribution in [0.4, 0.5) is 0 Å². The van der Waals surface area contributed by atoms with Crippen LogP contribution in [0.5, 0.6) is 0 Å². The van der Waals surface area contributed by atoms with E-state index in [0.29, 0.717) is 6.42 Å². The molecule has 0 aromatic heterocycles. The maximum atomic E-state index is 9.48. The SMILES string of the molecule is CC1=C(Cl)C=CC(C)(O)C1.[Li]. The Labute approximate surface area is 84.3 Å². The van der Waals surface area contributed by atoms with Gasteiger partial charge >= 0.3 is 0 Å². The molecule has 1 unspecified atom stereocenters. The summed E-state index contributed by atoms with van der Waals surface area (Å²) >= 11 is 5.78. The van der Waals surface area contributed by atoms with Gasteiger partial charge in [-0.1, -0.05) is 23.3 Å². The monoisotopic (exact) mass is 165 g/mol. The molecule has 57 valence electrons. The first-order valence-corrected chi connectivity index (χ1v) is 3.66. The van der Waals surface area contributed by atoms with Gasteiger partial charge in [0.15, 0.2) is 0 Å². The Hall–Kier alpha value is 0.327. The number of allylic oxidation sites excluding steroid dienone is 2. The first kappa shape index (κ1) is 11.3. The summed E-state index contributed by atoms with van der Waals surface area (Å²) in [5.41, 5.74) is 0.358. The van der Waals surface area contributed by atoms with Crippen molar-refractivity contribution in [3.05, 3.63) is 22.8 Å². The summed E-state index contributed by atoms with van der Waals surface area (Å²) < 4.78 is 0. The van der Waals surface area contributed by atoms with Gasteiger partial charge in [-0.25, -0.2) is 0 Å². The molecule has 0 saturated heterocycles. The smallest absolute Gasteiger partial charge is 0.0840 e. The van der Waals surface area contributed by atoms with E-state index >= 15 is 0 Å². The minimum absolute atomic E-state index is 0. The van der Waals surface area contributed by atoms with Gasteiger partial charge in [-0.2, -0.15) is 0 Å². The van der Waals surface area contributed by atoms with E-state index in [-0.39, 0.29) is 18.9 Å². The van der Waals surface area contributed by atoms with E-state index in [1.54, 1.807) is 19.1 Å².